The van der Waals surface area contributed by atoms with Gasteiger partial charge in [-0.25, -0.2) is 0 Å². The Hall–Kier alpha value is -3.70. The highest BCUT2D eigenvalue weighted by Gasteiger charge is 2.27. The maximum absolute atomic E-state index is 13.7. The number of nitrogen functional groups attached to an aromatic ring is 1. The Balaban J connectivity index is 1.42. The molecule has 5 nitrogen and oxygen atoms in total. The normalized spacial score (nSPS) is 14.7. The zero-order chi connectivity index (χ0) is 25.8. The third-order valence-electron chi connectivity index (χ3n) is 7.54. The number of piperidine rings is 1. The van der Waals surface area contributed by atoms with Crippen molar-refractivity contribution in [3.8, 4) is 0 Å². The second kappa shape index (κ2) is 11.1. The van der Waals surface area contributed by atoms with E-state index in [1.54, 1.807) is 42.5 Å². The lowest BCUT2D eigenvalue weighted by molar-refractivity contribution is 0.100. The summed E-state index contributed by atoms with van der Waals surface area (Å²) in [5, 5.41) is 0.902. The Morgan fingerprint density at radius 2 is 1.51 bits per heavy atom. The van der Waals surface area contributed by atoms with E-state index in [0.717, 1.165) is 43.4 Å². The first-order valence-electron chi connectivity index (χ1n) is 13.3. The smallest absolute Gasteiger partial charge is 0.195 e. The minimum absolute atomic E-state index is 0.162. The number of furan rings is 1. The highest BCUT2D eigenvalue weighted by Crippen LogP contribution is 2.39. The number of likely N-dealkylation sites (tertiary alicyclic amines) is 1. The Morgan fingerprint density at radius 1 is 0.865 bits per heavy atom. The van der Waals surface area contributed by atoms with Gasteiger partial charge in [0.25, 0.3) is 0 Å². The summed E-state index contributed by atoms with van der Waals surface area (Å²) in [6.07, 6.45) is 5.81. The minimum Gasteiger partial charge on any atom is -0.441 e. The van der Waals surface area contributed by atoms with E-state index in [-0.39, 0.29) is 11.6 Å². The van der Waals surface area contributed by atoms with Gasteiger partial charge in [0.1, 0.15) is 5.58 Å². The number of unbranched alkanes of at least 4 members (excludes halogenated alkanes) is 2. The number of benzene rings is 3. The van der Waals surface area contributed by atoms with E-state index in [0.29, 0.717) is 39.6 Å². The molecule has 0 spiro atoms. The van der Waals surface area contributed by atoms with Gasteiger partial charge in [0.05, 0.1) is 0 Å². The fourth-order valence-electron chi connectivity index (χ4n) is 5.51. The number of rotatable bonds is 9. The summed E-state index contributed by atoms with van der Waals surface area (Å²) < 4.78 is 5.92. The molecule has 1 aliphatic heterocycles. The van der Waals surface area contributed by atoms with Crippen molar-refractivity contribution in [3.63, 3.8) is 0 Å². The Morgan fingerprint density at radius 3 is 2.19 bits per heavy atom. The first kappa shape index (κ1) is 25.0. The number of hydrogen-bond donors (Lipinski definition) is 1. The summed E-state index contributed by atoms with van der Waals surface area (Å²) in [6, 6.07) is 21.6. The number of anilines is 1. The van der Waals surface area contributed by atoms with Crippen LogP contribution in [0.1, 0.15) is 82.4 Å². The lowest BCUT2D eigenvalue weighted by Crippen LogP contribution is -2.33. The molecule has 0 unspecified atom stereocenters. The molecule has 1 aliphatic rings. The van der Waals surface area contributed by atoms with Gasteiger partial charge < -0.3 is 15.1 Å². The van der Waals surface area contributed by atoms with Crippen molar-refractivity contribution in [2.75, 3.05) is 25.4 Å². The fraction of sp³-hybridized carbons (Fsp3) is 0.312. The van der Waals surface area contributed by atoms with Crippen LogP contribution in [-0.4, -0.2) is 36.1 Å². The van der Waals surface area contributed by atoms with Gasteiger partial charge in [-0.2, -0.15) is 0 Å². The third-order valence-corrected chi connectivity index (χ3v) is 7.54. The molecule has 0 atom stereocenters. The monoisotopic (exact) mass is 494 g/mol. The molecule has 3 aromatic carbocycles. The number of ketones is 2. The first-order chi connectivity index (χ1) is 18.1. The van der Waals surface area contributed by atoms with Crippen LogP contribution in [0, 0.1) is 0 Å². The average molecular weight is 495 g/mol. The van der Waals surface area contributed by atoms with Gasteiger partial charge in [0.15, 0.2) is 17.5 Å². The molecule has 2 heterocycles. The van der Waals surface area contributed by atoms with Gasteiger partial charge in [0, 0.05) is 33.2 Å². The molecule has 190 valence electrons. The first-order valence-corrected chi connectivity index (χ1v) is 13.3. The second-order valence-corrected chi connectivity index (χ2v) is 9.98. The molecule has 1 aromatic heterocycles. The van der Waals surface area contributed by atoms with Crippen LogP contribution < -0.4 is 5.73 Å². The highest BCUT2D eigenvalue weighted by atomic mass is 16.3. The molecular formula is C32H34N2O3. The topological polar surface area (TPSA) is 76.5 Å². The van der Waals surface area contributed by atoms with E-state index in [4.69, 9.17) is 10.2 Å². The predicted molar refractivity (Wildman–Crippen MR) is 148 cm³/mol. The second-order valence-electron chi connectivity index (χ2n) is 9.98. The average Bonchev–Trinajstić information content (AvgIpc) is 3.28. The van der Waals surface area contributed by atoms with E-state index in [2.05, 4.69) is 11.8 Å². The van der Waals surface area contributed by atoms with Crippen LogP contribution in [-0.2, 0) is 0 Å². The number of fused-ring (bicyclic) bond motifs is 1. The molecule has 5 heteroatoms. The molecule has 4 aromatic rings. The van der Waals surface area contributed by atoms with Crippen LogP contribution in [0.25, 0.3) is 11.0 Å². The number of nitrogens with zero attached hydrogens (tertiary/aromatic N) is 1. The van der Waals surface area contributed by atoms with Gasteiger partial charge in [0.2, 0.25) is 0 Å². The van der Waals surface area contributed by atoms with Crippen LogP contribution in [0.2, 0.25) is 0 Å². The summed E-state index contributed by atoms with van der Waals surface area (Å²) in [7, 11) is 0. The molecule has 0 saturated carbocycles. The van der Waals surface area contributed by atoms with Gasteiger partial charge in [-0.15, -0.1) is 0 Å². The Kier molecular flexibility index (Phi) is 7.52. The van der Waals surface area contributed by atoms with Crippen molar-refractivity contribution in [1.82, 2.24) is 4.90 Å². The van der Waals surface area contributed by atoms with E-state index in [9.17, 15) is 9.59 Å². The van der Waals surface area contributed by atoms with E-state index < -0.39 is 0 Å². The summed E-state index contributed by atoms with van der Waals surface area (Å²) in [5.41, 5.74) is 9.98. The van der Waals surface area contributed by atoms with E-state index in [1.807, 2.05) is 30.3 Å². The molecule has 0 radical (unpaired) electrons. The van der Waals surface area contributed by atoms with Gasteiger partial charge in [-0.1, -0.05) is 74.4 Å². The highest BCUT2D eigenvalue weighted by molar-refractivity contribution is 6.20. The van der Waals surface area contributed by atoms with Crippen LogP contribution in [0.3, 0.4) is 0 Å². The van der Waals surface area contributed by atoms with E-state index >= 15 is 0 Å². The number of carbonyl (C=O) groups is 2. The lowest BCUT2D eigenvalue weighted by Gasteiger charge is -2.32. The van der Waals surface area contributed by atoms with Crippen molar-refractivity contribution >= 4 is 28.4 Å². The zero-order valence-corrected chi connectivity index (χ0v) is 21.4. The molecule has 0 aliphatic carbocycles. The quantitative estimate of drug-likeness (QED) is 0.203. The third kappa shape index (κ3) is 5.23. The minimum atomic E-state index is -0.182. The predicted octanol–water partition coefficient (Wildman–Crippen LogP) is 6.85. The van der Waals surface area contributed by atoms with Crippen LogP contribution >= 0.6 is 0 Å². The Labute approximate surface area is 218 Å². The van der Waals surface area contributed by atoms with Crippen LogP contribution in [0.4, 0.5) is 5.88 Å². The number of hydrogen-bond acceptors (Lipinski definition) is 5. The fourth-order valence-corrected chi connectivity index (χ4v) is 5.51. The van der Waals surface area contributed by atoms with Crippen LogP contribution in [0.15, 0.2) is 77.2 Å². The van der Waals surface area contributed by atoms with E-state index in [1.165, 1.54) is 19.3 Å². The summed E-state index contributed by atoms with van der Waals surface area (Å²) >= 11 is 0. The summed E-state index contributed by atoms with van der Waals surface area (Å²) in [4.78, 5) is 29.4. The zero-order valence-electron chi connectivity index (χ0n) is 21.4. The van der Waals surface area contributed by atoms with Gasteiger partial charge in [-0.05, 0) is 63.0 Å². The maximum Gasteiger partial charge on any atom is 0.195 e. The number of carbonyl (C=O) groups excluding carboxylic acids is 2. The summed E-state index contributed by atoms with van der Waals surface area (Å²) in [5.74, 6) is 0.410. The maximum atomic E-state index is 13.7. The molecular weight excluding hydrogens is 460 g/mol. The molecule has 0 bridgehead atoms. The molecule has 0 amide bonds. The molecule has 1 saturated heterocycles. The van der Waals surface area contributed by atoms with Gasteiger partial charge in [-0.3, -0.25) is 9.59 Å². The van der Waals surface area contributed by atoms with Crippen molar-refractivity contribution < 1.29 is 14.0 Å². The van der Waals surface area contributed by atoms with Gasteiger partial charge >= 0.3 is 0 Å². The number of nitrogens with two attached hydrogens (primary N) is 1. The summed E-state index contributed by atoms with van der Waals surface area (Å²) in [6.45, 7) is 5.49. The van der Waals surface area contributed by atoms with Crippen molar-refractivity contribution in [2.24, 2.45) is 0 Å². The van der Waals surface area contributed by atoms with Crippen LogP contribution in [0.5, 0.6) is 0 Å². The van der Waals surface area contributed by atoms with Crippen molar-refractivity contribution in [2.45, 2.75) is 44.9 Å². The molecule has 1 fully saturated rings. The molecule has 37 heavy (non-hydrogen) atoms. The standard InChI is InChI=1S/C32H34N2O3/c1-2-3-9-18-34-19-16-22(17-20-34)29-27-21-24(14-15-28(27)37-32(29)33)31(36)26-13-8-7-12-25(26)30(35)23-10-5-4-6-11-23/h4-8,10-15,21-22H,2-3,9,16-20,33H2,1H3. The SMILES string of the molecule is CCCCCN1CCC(c2c(N)oc3ccc(C(=O)c4ccccc4C(=O)c4ccccc4)cc23)CC1. The molecule has 2 N–H and O–H groups in total. The largest absolute Gasteiger partial charge is 0.441 e. The van der Waals surface area contributed by atoms with Crippen molar-refractivity contribution in [3.05, 3.63) is 101 Å². The Bertz CT molecular complexity index is 1400. The van der Waals surface area contributed by atoms with Crippen molar-refractivity contribution in [1.29, 1.82) is 0 Å². The lowest BCUT2D eigenvalue weighted by atomic mass is 9.87. The molecule has 5 rings (SSSR count).